The summed E-state index contributed by atoms with van der Waals surface area (Å²) in [4.78, 5) is 1.22. The van der Waals surface area contributed by atoms with Crippen LogP contribution in [0.25, 0.3) is 0 Å². The highest BCUT2D eigenvalue weighted by Crippen LogP contribution is 2.42. The molecule has 1 aromatic carbocycles. The Labute approximate surface area is 116 Å². The molecule has 0 radical (unpaired) electrons. The molecule has 0 saturated heterocycles. The summed E-state index contributed by atoms with van der Waals surface area (Å²) >= 11 is 1.70. The standard InChI is InChI=1S/C15H16FNOS/c1-2-17-12-9-14(15-4-3-7-19-15)18-13-6-5-10(16)8-11(12)13/h3-8,12,14,17H,2,9H2,1H3. The maximum atomic E-state index is 13.4. The van der Waals surface area contributed by atoms with E-state index < -0.39 is 0 Å². The van der Waals surface area contributed by atoms with Gasteiger partial charge in [0.1, 0.15) is 17.7 Å². The molecule has 2 aromatic rings. The molecule has 2 unspecified atom stereocenters. The second-order valence-electron chi connectivity index (χ2n) is 4.65. The summed E-state index contributed by atoms with van der Waals surface area (Å²) in [6, 6.07) is 9.04. The van der Waals surface area contributed by atoms with E-state index in [-0.39, 0.29) is 18.0 Å². The zero-order valence-electron chi connectivity index (χ0n) is 10.7. The fraction of sp³-hybridized carbons (Fsp3) is 0.333. The van der Waals surface area contributed by atoms with Crippen LogP contribution in [-0.2, 0) is 0 Å². The molecule has 1 N–H and O–H groups in total. The van der Waals surface area contributed by atoms with Gasteiger partial charge in [0.25, 0.3) is 0 Å². The molecule has 4 heteroatoms. The van der Waals surface area contributed by atoms with Crippen LogP contribution in [0.4, 0.5) is 4.39 Å². The summed E-state index contributed by atoms with van der Waals surface area (Å²) in [5.74, 6) is 0.580. The first-order chi connectivity index (χ1) is 9.28. The lowest BCUT2D eigenvalue weighted by atomic mass is 9.95. The highest BCUT2D eigenvalue weighted by Gasteiger charge is 2.29. The van der Waals surface area contributed by atoms with Gasteiger partial charge in [0.05, 0.1) is 0 Å². The van der Waals surface area contributed by atoms with Crippen LogP contribution in [0.5, 0.6) is 5.75 Å². The molecule has 0 aliphatic carbocycles. The Balaban J connectivity index is 1.95. The molecule has 3 rings (SSSR count). The second kappa shape index (κ2) is 5.31. The minimum atomic E-state index is -0.208. The molecule has 2 heterocycles. The Morgan fingerprint density at radius 3 is 3.05 bits per heavy atom. The number of hydrogen-bond acceptors (Lipinski definition) is 3. The van der Waals surface area contributed by atoms with Crippen LogP contribution in [0, 0.1) is 5.82 Å². The van der Waals surface area contributed by atoms with Crippen LogP contribution < -0.4 is 10.1 Å². The number of halogens is 1. The summed E-state index contributed by atoms with van der Waals surface area (Å²) in [6.07, 6.45) is 0.896. The van der Waals surface area contributed by atoms with Crippen molar-refractivity contribution >= 4 is 11.3 Å². The lowest BCUT2D eigenvalue weighted by Crippen LogP contribution is -2.28. The van der Waals surface area contributed by atoms with Crippen LogP contribution in [0.3, 0.4) is 0 Å². The molecule has 1 aliphatic rings. The third-order valence-corrected chi connectivity index (χ3v) is 4.34. The quantitative estimate of drug-likeness (QED) is 0.913. The van der Waals surface area contributed by atoms with E-state index in [9.17, 15) is 4.39 Å². The maximum absolute atomic E-state index is 13.4. The summed E-state index contributed by atoms with van der Waals surface area (Å²) in [7, 11) is 0. The van der Waals surface area contributed by atoms with Gasteiger partial charge in [0.2, 0.25) is 0 Å². The van der Waals surface area contributed by atoms with Gasteiger partial charge in [-0.1, -0.05) is 13.0 Å². The van der Waals surface area contributed by atoms with E-state index in [0.29, 0.717) is 0 Å². The molecule has 0 amide bonds. The SMILES string of the molecule is CCNC1CC(c2cccs2)Oc2ccc(F)cc21. The van der Waals surface area contributed by atoms with E-state index in [1.54, 1.807) is 23.5 Å². The Morgan fingerprint density at radius 1 is 1.42 bits per heavy atom. The van der Waals surface area contributed by atoms with Gasteiger partial charge < -0.3 is 10.1 Å². The summed E-state index contributed by atoms with van der Waals surface area (Å²) < 4.78 is 19.4. The van der Waals surface area contributed by atoms with E-state index in [2.05, 4.69) is 23.7 Å². The normalized spacial score (nSPS) is 21.8. The van der Waals surface area contributed by atoms with Crippen molar-refractivity contribution in [1.82, 2.24) is 5.32 Å². The predicted molar refractivity (Wildman–Crippen MR) is 75.1 cm³/mol. The zero-order valence-corrected chi connectivity index (χ0v) is 11.5. The molecule has 0 saturated carbocycles. The van der Waals surface area contributed by atoms with E-state index in [1.165, 1.54) is 10.9 Å². The summed E-state index contributed by atoms with van der Waals surface area (Å²) in [5, 5.41) is 5.47. The molecule has 1 aromatic heterocycles. The molecule has 0 bridgehead atoms. The molecular weight excluding hydrogens is 261 g/mol. The van der Waals surface area contributed by atoms with Crippen LogP contribution in [0.1, 0.15) is 35.9 Å². The van der Waals surface area contributed by atoms with Gasteiger partial charge in [0.15, 0.2) is 0 Å². The Kier molecular flexibility index (Phi) is 3.53. The van der Waals surface area contributed by atoms with Crippen molar-refractivity contribution in [2.75, 3.05) is 6.54 Å². The minimum Gasteiger partial charge on any atom is -0.484 e. The fourth-order valence-electron chi connectivity index (χ4n) is 2.53. The highest BCUT2D eigenvalue weighted by atomic mass is 32.1. The van der Waals surface area contributed by atoms with E-state index >= 15 is 0 Å². The number of nitrogens with one attached hydrogen (secondary N) is 1. The van der Waals surface area contributed by atoms with Crippen LogP contribution >= 0.6 is 11.3 Å². The summed E-state index contributed by atoms with van der Waals surface area (Å²) in [6.45, 7) is 2.92. The Morgan fingerprint density at radius 2 is 2.32 bits per heavy atom. The number of hydrogen-bond donors (Lipinski definition) is 1. The van der Waals surface area contributed by atoms with Crippen molar-refractivity contribution < 1.29 is 9.13 Å². The molecule has 19 heavy (non-hydrogen) atoms. The smallest absolute Gasteiger partial charge is 0.135 e. The van der Waals surface area contributed by atoms with Gasteiger partial charge in [-0.05, 0) is 36.2 Å². The number of thiophene rings is 1. The van der Waals surface area contributed by atoms with Gasteiger partial charge in [-0.2, -0.15) is 0 Å². The van der Waals surface area contributed by atoms with Crippen molar-refractivity contribution in [3.63, 3.8) is 0 Å². The van der Waals surface area contributed by atoms with Crippen molar-refractivity contribution in [2.24, 2.45) is 0 Å². The summed E-state index contributed by atoms with van der Waals surface area (Å²) in [5.41, 5.74) is 0.926. The maximum Gasteiger partial charge on any atom is 0.135 e. The van der Waals surface area contributed by atoms with E-state index in [1.807, 2.05) is 6.07 Å². The van der Waals surface area contributed by atoms with Crippen LogP contribution in [-0.4, -0.2) is 6.54 Å². The van der Waals surface area contributed by atoms with Gasteiger partial charge in [-0.3, -0.25) is 0 Å². The van der Waals surface area contributed by atoms with Crippen LogP contribution in [0.15, 0.2) is 35.7 Å². The number of fused-ring (bicyclic) bond motifs is 1. The monoisotopic (exact) mass is 277 g/mol. The average Bonchev–Trinajstić information content (AvgIpc) is 2.93. The number of benzene rings is 1. The number of ether oxygens (including phenoxy) is 1. The highest BCUT2D eigenvalue weighted by molar-refractivity contribution is 7.10. The van der Waals surface area contributed by atoms with Crippen molar-refractivity contribution in [3.05, 3.63) is 52.0 Å². The van der Waals surface area contributed by atoms with Gasteiger partial charge in [-0.25, -0.2) is 4.39 Å². The average molecular weight is 277 g/mol. The second-order valence-corrected chi connectivity index (χ2v) is 5.63. The third kappa shape index (κ3) is 2.51. The molecular formula is C15H16FNOS. The molecule has 100 valence electrons. The van der Waals surface area contributed by atoms with Gasteiger partial charge in [-0.15, -0.1) is 11.3 Å². The van der Waals surface area contributed by atoms with E-state index in [4.69, 9.17) is 4.74 Å². The lowest BCUT2D eigenvalue weighted by molar-refractivity contribution is 0.155. The van der Waals surface area contributed by atoms with Gasteiger partial charge >= 0.3 is 0 Å². The minimum absolute atomic E-state index is 0.0574. The zero-order chi connectivity index (χ0) is 13.2. The first-order valence-corrected chi connectivity index (χ1v) is 7.38. The predicted octanol–water partition coefficient (Wildman–Crippen LogP) is 4.06. The van der Waals surface area contributed by atoms with Gasteiger partial charge in [0, 0.05) is 22.9 Å². The molecule has 0 spiro atoms. The lowest BCUT2D eigenvalue weighted by Gasteiger charge is -2.32. The first kappa shape index (κ1) is 12.6. The van der Waals surface area contributed by atoms with E-state index in [0.717, 1.165) is 24.3 Å². The van der Waals surface area contributed by atoms with Crippen molar-refractivity contribution in [1.29, 1.82) is 0 Å². The fourth-order valence-corrected chi connectivity index (χ4v) is 3.30. The molecule has 0 fully saturated rings. The molecule has 2 nitrogen and oxygen atoms in total. The van der Waals surface area contributed by atoms with Crippen molar-refractivity contribution in [3.8, 4) is 5.75 Å². The topological polar surface area (TPSA) is 21.3 Å². The molecule has 2 atom stereocenters. The third-order valence-electron chi connectivity index (χ3n) is 3.38. The Bertz CT molecular complexity index is 555. The molecule has 1 aliphatic heterocycles. The Hall–Kier alpha value is -1.39. The number of rotatable bonds is 3. The largest absolute Gasteiger partial charge is 0.484 e. The first-order valence-electron chi connectivity index (χ1n) is 6.51. The van der Waals surface area contributed by atoms with Crippen molar-refractivity contribution in [2.45, 2.75) is 25.5 Å². The van der Waals surface area contributed by atoms with Crippen LogP contribution in [0.2, 0.25) is 0 Å².